The van der Waals surface area contributed by atoms with Gasteiger partial charge in [0.25, 0.3) is 5.91 Å². The first-order chi connectivity index (χ1) is 15.1. The number of carbonyl (C=O) groups excluding carboxylic acids is 2. The lowest BCUT2D eigenvalue weighted by Crippen LogP contribution is -2.49. The number of sulfonamides is 1. The zero-order valence-corrected chi connectivity index (χ0v) is 20.2. The molecule has 0 aliphatic heterocycles. The van der Waals surface area contributed by atoms with Gasteiger partial charge in [-0.3, -0.25) is 9.59 Å². The summed E-state index contributed by atoms with van der Waals surface area (Å²) >= 11 is 0. The van der Waals surface area contributed by atoms with Crippen molar-refractivity contribution in [3.8, 4) is 0 Å². The van der Waals surface area contributed by atoms with Gasteiger partial charge in [-0.05, 0) is 42.2 Å². The molecular formula is C24H33N3O4S. The monoisotopic (exact) mass is 459 g/mol. The molecule has 2 rings (SSSR count). The predicted octanol–water partition coefficient (Wildman–Crippen LogP) is 3.10. The summed E-state index contributed by atoms with van der Waals surface area (Å²) in [6.45, 7) is 10.2. The standard InChI is InChI=1S/C24H33N3O4S/c1-6-27(7-2)32(30,31)20-14-12-19(13-15-20)16-25-24(29)22(17(3)4)26-23(28)21-11-9-8-10-18(21)5/h8-15,17,22H,6-7,16H2,1-5H3,(H,25,29)(H,26,28)/t22-/m0/s1. The summed E-state index contributed by atoms with van der Waals surface area (Å²) in [5.74, 6) is -0.686. The Morgan fingerprint density at radius 2 is 1.56 bits per heavy atom. The van der Waals surface area contributed by atoms with Crippen LogP contribution in [0.4, 0.5) is 0 Å². The van der Waals surface area contributed by atoms with Gasteiger partial charge in [0.05, 0.1) is 4.90 Å². The molecule has 174 valence electrons. The highest BCUT2D eigenvalue weighted by Gasteiger charge is 2.25. The third kappa shape index (κ3) is 6.17. The zero-order valence-electron chi connectivity index (χ0n) is 19.4. The maximum Gasteiger partial charge on any atom is 0.252 e. The number of nitrogens with zero attached hydrogens (tertiary/aromatic N) is 1. The van der Waals surface area contributed by atoms with E-state index in [0.29, 0.717) is 18.7 Å². The Labute approximate surface area is 191 Å². The van der Waals surface area contributed by atoms with Gasteiger partial charge in [0.2, 0.25) is 15.9 Å². The topological polar surface area (TPSA) is 95.6 Å². The lowest BCUT2D eigenvalue weighted by atomic mass is 10.0. The lowest BCUT2D eigenvalue weighted by molar-refractivity contribution is -0.124. The molecule has 0 spiro atoms. The van der Waals surface area contributed by atoms with E-state index in [1.54, 1.807) is 50.2 Å². The van der Waals surface area contributed by atoms with E-state index in [9.17, 15) is 18.0 Å². The van der Waals surface area contributed by atoms with E-state index in [0.717, 1.165) is 11.1 Å². The molecule has 0 aliphatic carbocycles. The first-order valence-corrected chi connectivity index (χ1v) is 12.3. The number of hydrogen-bond donors (Lipinski definition) is 2. The van der Waals surface area contributed by atoms with Crippen molar-refractivity contribution in [3.05, 3.63) is 65.2 Å². The molecule has 8 heteroatoms. The number of nitrogens with one attached hydrogen (secondary N) is 2. The molecule has 2 aromatic carbocycles. The first-order valence-electron chi connectivity index (χ1n) is 10.8. The van der Waals surface area contributed by atoms with Gasteiger partial charge in [-0.25, -0.2) is 8.42 Å². The van der Waals surface area contributed by atoms with E-state index in [4.69, 9.17) is 0 Å². The molecule has 0 fully saturated rings. The Balaban J connectivity index is 2.04. The molecule has 2 N–H and O–H groups in total. The Morgan fingerprint density at radius 1 is 0.969 bits per heavy atom. The summed E-state index contributed by atoms with van der Waals surface area (Å²) in [5, 5.41) is 5.67. The van der Waals surface area contributed by atoms with Crippen LogP contribution in [0.3, 0.4) is 0 Å². The van der Waals surface area contributed by atoms with Crippen LogP contribution in [0.5, 0.6) is 0 Å². The molecule has 1 atom stereocenters. The molecule has 2 amide bonds. The summed E-state index contributed by atoms with van der Waals surface area (Å²) in [7, 11) is -3.52. The Kier molecular flexibility index (Phi) is 8.98. The fraction of sp³-hybridized carbons (Fsp3) is 0.417. The fourth-order valence-corrected chi connectivity index (χ4v) is 4.83. The number of rotatable bonds is 10. The second-order valence-electron chi connectivity index (χ2n) is 7.96. The van der Waals surface area contributed by atoms with Crippen LogP contribution in [0.15, 0.2) is 53.4 Å². The van der Waals surface area contributed by atoms with Crippen molar-refractivity contribution >= 4 is 21.8 Å². The molecule has 0 heterocycles. The minimum atomic E-state index is -3.52. The maximum absolute atomic E-state index is 12.8. The normalized spacial score (nSPS) is 12.6. The van der Waals surface area contributed by atoms with Crippen LogP contribution >= 0.6 is 0 Å². The number of aryl methyl sites for hydroxylation is 1. The van der Waals surface area contributed by atoms with Crippen LogP contribution in [0.25, 0.3) is 0 Å². The van der Waals surface area contributed by atoms with Crippen LogP contribution in [0, 0.1) is 12.8 Å². The van der Waals surface area contributed by atoms with E-state index in [1.165, 1.54) is 4.31 Å². The van der Waals surface area contributed by atoms with Crippen LogP contribution in [0.1, 0.15) is 49.2 Å². The summed E-state index contributed by atoms with van der Waals surface area (Å²) < 4.78 is 26.6. The molecule has 0 aromatic heterocycles. The minimum absolute atomic E-state index is 0.107. The third-order valence-electron chi connectivity index (χ3n) is 5.36. The summed E-state index contributed by atoms with van der Waals surface area (Å²) in [6.07, 6.45) is 0. The van der Waals surface area contributed by atoms with Gasteiger partial charge in [-0.2, -0.15) is 4.31 Å². The van der Waals surface area contributed by atoms with E-state index < -0.39 is 16.1 Å². The number of amides is 2. The molecule has 0 radical (unpaired) electrons. The largest absolute Gasteiger partial charge is 0.350 e. The average molecular weight is 460 g/mol. The number of benzene rings is 2. The molecule has 2 aromatic rings. The number of hydrogen-bond acceptors (Lipinski definition) is 4. The highest BCUT2D eigenvalue weighted by atomic mass is 32.2. The molecule has 32 heavy (non-hydrogen) atoms. The SMILES string of the molecule is CCN(CC)S(=O)(=O)c1ccc(CNC(=O)[C@@H](NC(=O)c2ccccc2C)C(C)C)cc1. The lowest BCUT2D eigenvalue weighted by Gasteiger charge is -2.22. The van der Waals surface area contributed by atoms with Gasteiger partial charge in [0, 0.05) is 25.2 Å². The number of carbonyl (C=O) groups is 2. The molecular weight excluding hydrogens is 426 g/mol. The Morgan fingerprint density at radius 3 is 2.09 bits per heavy atom. The molecule has 0 aliphatic rings. The molecule has 7 nitrogen and oxygen atoms in total. The Hall–Kier alpha value is -2.71. The van der Waals surface area contributed by atoms with E-state index in [2.05, 4.69) is 10.6 Å². The van der Waals surface area contributed by atoms with Gasteiger partial charge in [0.1, 0.15) is 6.04 Å². The third-order valence-corrected chi connectivity index (χ3v) is 7.42. The second kappa shape index (κ2) is 11.2. The Bertz CT molecular complexity index is 1030. The van der Waals surface area contributed by atoms with Crippen LogP contribution in [-0.4, -0.2) is 43.7 Å². The smallest absolute Gasteiger partial charge is 0.252 e. The van der Waals surface area contributed by atoms with Crippen molar-refractivity contribution in [1.82, 2.24) is 14.9 Å². The van der Waals surface area contributed by atoms with E-state index >= 15 is 0 Å². The second-order valence-corrected chi connectivity index (χ2v) is 9.90. The maximum atomic E-state index is 12.8. The van der Waals surface area contributed by atoms with Crippen molar-refractivity contribution in [3.63, 3.8) is 0 Å². The molecule has 0 unspecified atom stereocenters. The highest BCUT2D eigenvalue weighted by Crippen LogP contribution is 2.16. The minimum Gasteiger partial charge on any atom is -0.350 e. The summed E-state index contributed by atoms with van der Waals surface area (Å²) in [6, 6.07) is 13.0. The van der Waals surface area contributed by atoms with Gasteiger partial charge in [0.15, 0.2) is 0 Å². The summed E-state index contributed by atoms with van der Waals surface area (Å²) in [4.78, 5) is 25.6. The molecule has 0 bridgehead atoms. The van der Waals surface area contributed by atoms with Crippen LogP contribution in [-0.2, 0) is 21.4 Å². The quantitative estimate of drug-likeness (QED) is 0.571. The zero-order chi connectivity index (χ0) is 23.9. The van der Waals surface area contributed by atoms with Gasteiger partial charge in [-0.1, -0.05) is 58.0 Å². The van der Waals surface area contributed by atoms with Crippen molar-refractivity contribution in [2.45, 2.75) is 52.1 Å². The molecule has 0 saturated carbocycles. The fourth-order valence-electron chi connectivity index (χ4n) is 3.37. The van der Waals surface area contributed by atoms with Crippen LogP contribution < -0.4 is 10.6 Å². The van der Waals surface area contributed by atoms with Gasteiger partial charge in [-0.15, -0.1) is 0 Å². The van der Waals surface area contributed by atoms with Crippen molar-refractivity contribution in [1.29, 1.82) is 0 Å². The average Bonchev–Trinajstić information content (AvgIpc) is 2.76. The van der Waals surface area contributed by atoms with Gasteiger partial charge < -0.3 is 10.6 Å². The van der Waals surface area contributed by atoms with Gasteiger partial charge >= 0.3 is 0 Å². The van der Waals surface area contributed by atoms with Crippen molar-refractivity contribution in [2.75, 3.05) is 13.1 Å². The molecule has 0 saturated heterocycles. The van der Waals surface area contributed by atoms with E-state index in [-0.39, 0.29) is 29.2 Å². The van der Waals surface area contributed by atoms with Crippen molar-refractivity contribution in [2.24, 2.45) is 5.92 Å². The van der Waals surface area contributed by atoms with Crippen LogP contribution in [0.2, 0.25) is 0 Å². The summed E-state index contributed by atoms with van der Waals surface area (Å²) in [5.41, 5.74) is 2.15. The van der Waals surface area contributed by atoms with Crippen molar-refractivity contribution < 1.29 is 18.0 Å². The highest BCUT2D eigenvalue weighted by molar-refractivity contribution is 7.89. The van der Waals surface area contributed by atoms with E-state index in [1.807, 2.05) is 32.9 Å². The first kappa shape index (κ1) is 25.5. The predicted molar refractivity (Wildman–Crippen MR) is 126 cm³/mol.